The molecule has 9 heteroatoms. The molecule has 3 rings (SSSR count). The lowest BCUT2D eigenvalue weighted by atomic mass is 10.1. The number of aromatic nitrogens is 1. The summed E-state index contributed by atoms with van der Waals surface area (Å²) in [5.41, 5.74) is -0.171. The number of alkyl halides is 3. The van der Waals surface area contributed by atoms with Gasteiger partial charge in [0.15, 0.2) is 5.13 Å². The van der Waals surface area contributed by atoms with E-state index in [1.807, 2.05) is 6.92 Å². The zero-order valence-electron chi connectivity index (χ0n) is 14.5. The first-order chi connectivity index (χ1) is 12.8. The minimum Gasteiger partial charge on any atom is -0.342 e. The Hall–Kier alpha value is -2.42. The summed E-state index contributed by atoms with van der Waals surface area (Å²) in [6, 6.07) is 5.14. The standard InChI is InChI=1S/C18H18F3N3O2S/c1-2-24-10-12(8-15(24)25)16(26)23-17-22-9-14(27-17)7-11-4-3-5-13(6-11)18(19,20)21/h3-6,9,12H,2,7-8,10H2,1H3,(H,22,23,26). The van der Waals surface area contributed by atoms with Crippen LogP contribution in [0.3, 0.4) is 0 Å². The maximum atomic E-state index is 12.8. The van der Waals surface area contributed by atoms with Crippen LogP contribution in [-0.2, 0) is 22.2 Å². The van der Waals surface area contributed by atoms with Crippen molar-refractivity contribution < 1.29 is 22.8 Å². The molecule has 144 valence electrons. The van der Waals surface area contributed by atoms with Gasteiger partial charge in [0.1, 0.15) is 0 Å². The largest absolute Gasteiger partial charge is 0.416 e. The Morgan fingerprint density at radius 2 is 2.19 bits per heavy atom. The molecule has 1 fully saturated rings. The maximum absolute atomic E-state index is 12.8. The van der Waals surface area contributed by atoms with Crippen molar-refractivity contribution in [3.8, 4) is 0 Å². The first-order valence-electron chi connectivity index (χ1n) is 8.45. The van der Waals surface area contributed by atoms with E-state index in [1.54, 1.807) is 17.2 Å². The highest BCUT2D eigenvalue weighted by atomic mass is 32.1. The maximum Gasteiger partial charge on any atom is 0.416 e. The third kappa shape index (κ3) is 4.65. The second kappa shape index (κ2) is 7.67. The molecule has 0 spiro atoms. The van der Waals surface area contributed by atoms with Crippen molar-refractivity contribution in [2.24, 2.45) is 5.92 Å². The van der Waals surface area contributed by atoms with Gasteiger partial charge in [0, 0.05) is 37.0 Å². The first kappa shape index (κ1) is 19.3. The lowest BCUT2D eigenvalue weighted by Gasteiger charge is -2.12. The van der Waals surface area contributed by atoms with E-state index >= 15 is 0 Å². The first-order valence-corrected chi connectivity index (χ1v) is 9.27. The van der Waals surface area contributed by atoms with Crippen LogP contribution < -0.4 is 5.32 Å². The molecule has 1 aliphatic rings. The predicted molar refractivity (Wildman–Crippen MR) is 95.4 cm³/mol. The molecule has 27 heavy (non-hydrogen) atoms. The zero-order valence-corrected chi connectivity index (χ0v) is 15.4. The number of nitrogens with zero attached hydrogens (tertiary/aromatic N) is 2. The summed E-state index contributed by atoms with van der Waals surface area (Å²) < 4.78 is 38.4. The van der Waals surface area contributed by atoms with Gasteiger partial charge in [-0.3, -0.25) is 9.59 Å². The summed E-state index contributed by atoms with van der Waals surface area (Å²) in [6.07, 6.45) is -2.36. The van der Waals surface area contributed by atoms with Gasteiger partial charge in [-0.05, 0) is 18.6 Å². The highest BCUT2D eigenvalue weighted by molar-refractivity contribution is 7.15. The van der Waals surface area contributed by atoms with Crippen molar-refractivity contribution in [3.05, 3.63) is 46.5 Å². The molecule has 1 atom stereocenters. The van der Waals surface area contributed by atoms with Crippen LogP contribution in [0.15, 0.2) is 30.5 Å². The number of hydrogen-bond donors (Lipinski definition) is 1. The highest BCUT2D eigenvalue weighted by Gasteiger charge is 2.33. The van der Waals surface area contributed by atoms with E-state index in [1.165, 1.54) is 17.4 Å². The molecule has 2 amide bonds. The number of amides is 2. The number of rotatable bonds is 5. The SMILES string of the molecule is CCN1CC(C(=O)Nc2ncc(Cc3cccc(C(F)(F)F)c3)s2)CC1=O. The van der Waals surface area contributed by atoms with E-state index in [-0.39, 0.29) is 18.2 Å². The van der Waals surface area contributed by atoms with Crippen molar-refractivity contribution in [2.75, 3.05) is 18.4 Å². The number of nitrogens with one attached hydrogen (secondary N) is 1. The molecule has 2 heterocycles. The fourth-order valence-electron chi connectivity index (χ4n) is 2.97. The van der Waals surface area contributed by atoms with E-state index in [9.17, 15) is 22.8 Å². The minimum atomic E-state index is -4.38. The van der Waals surface area contributed by atoms with Crippen LogP contribution in [0.4, 0.5) is 18.3 Å². The fraction of sp³-hybridized carbons (Fsp3) is 0.389. The number of carbonyl (C=O) groups excluding carboxylic acids is 2. The zero-order chi connectivity index (χ0) is 19.6. The van der Waals surface area contributed by atoms with Gasteiger partial charge in [0.2, 0.25) is 11.8 Å². The van der Waals surface area contributed by atoms with Crippen LogP contribution >= 0.6 is 11.3 Å². The molecule has 1 aromatic heterocycles. The molecule has 5 nitrogen and oxygen atoms in total. The molecule has 1 aliphatic heterocycles. The second-order valence-electron chi connectivity index (χ2n) is 6.33. The van der Waals surface area contributed by atoms with Crippen LogP contribution in [0.5, 0.6) is 0 Å². The molecule has 1 aromatic carbocycles. The Bertz CT molecular complexity index is 850. The molecule has 0 radical (unpaired) electrons. The summed E-state index contributed by atoms with van der Waals surface area (Å²) in [5.74, 6) is -0.713. The van der Waals surface area contributed by atoms with E-state index < -0.39 is 17.7 Å². The normalized spacial score (nSPS) is 17.4. The predicted octanol–water partition coefficient (Wildman–Crippen LogP) is 3.56. The number of benzene rings is 1. The van der Waals surface area contributed by atoms with Gasteiger partial charge < -0.3 is 10.2 Å². The Balaban J connectivity index is 1.62. The van der Waals surface area contributed by atoms with Gasteiger partial charge in [-0.25, -0.2) is 4.98 Å². The summed E-state index contributed by atoms with van der Waals surface area (Å²) >= 11 is 1.21. The molecular weight excluding hydrogens is 379 g/mol. The molecule has 0 saturated carbocycles. The van der Waals surface area contributed by atoms with Gasteiger partial charge in [-0.15, -0.1) is 11.3 Å². The van der Waals surface area contributed by atoms with E-state index in [2.05, 4.69) is 10.3 Å². The Labute approximate surface area is 158 Å². The summed E-state index contributed by atoms with van der Waals surface area (Å²) in [4.78, 5) is 30.5. The summed E-state index contributed by atoms with van der Waals surface area (Å²) in [7, 11) is 0. The van der Waals surface area contributed by atoms with Crippen LogP contribution in [0.25, 0.3) is 0 Å². The van der Waals surface area contributed by atoms with Crippen molar-refractivity contribution in [2.45, 2.75) is 25.9 Å². The van der Waals surface area contributed by atoms with Gasteiger partial charge in [0.25, 0.3) is 0 Å². The lowest BCUT2D eigenvalue weighted by molar-refractivity contribution is -0.137. The van der Waals surface area contributed by atoms with Crippen LogP contribution in [0, 0.1) is 5.92 Å². The monoisotopic (exact) mass is 397 g/mol. The van der Waals surface area contributed by atoms with Gasteiger partial charge in [-0.1, -0.05) is 18.2 Å². The number of anilines is 1. The molecular formula is C18H18F3N3O2S. The molecule has 0 bridgehead atoms. The average molecular weight is 397 g/mol. The van der Waals surface area contributed by atoms with E-state index in [0.717, 1.165) is 17.0 Å². The second-order valence-corrected chi connectivity index (χ2v) is 7.44. The summed E-state index contributed by atoms with van der Waals surface area (Å²) in [5, 5.41) is 3.08. The number of thiazole rings is 1. The fourth-order valence-corrected chi connectivity index (χ4v) is 3.82. The van der Waals surface area contributed by atoms with Crippen LogP contribution in [-0.4, -0.2) is 34.8 Å². The smallest absolute Gasteiger partial charge is 0.342 e. The molecule has 0 aliphatic carbocycles. The van der Waals surface area contributed by atoms with Crippen molar-refractivity contribution in [3.63, 3.8) is 0 Å². The van der Waals surface area contributed by atoms with Gasteiger partial charge in [0.05, 0.1) is 11.5 Å². The van der Waals surface area contributed by atoms with E-state index in [4.69, 9.17) is 0 Å². The molecule has 1 unspecified atom stereocenters. The van der Waals surface area contributed by atoms with Crippen LogP contribution in [0.1, 0.15) is 29.3 Å². The topological polar surface area (TPSA) is 62.3 Å². The number of halogens is 3. The molecule has 2 aromatic rings. The molecule has 1 saturated heterocycles. The third-order valence-corrected chi connectivity index (χ3v) is 5.30. The van der Waals surface area contributed by atoms with Gasteiger partial charge >= 0.3 is 6.18 Å². The molecule has 1 N–H and O–H groups in total. The van der Waals surface area contributed by atoms with Gasteiger partial charge in [-0.2, -0.15) is 13.2 Å². The number of hydrogen-bond acceptors (Lipinski definition) is 4. The average Bonchev–Trinajstić information content (AvgIpc) is 3.20. The number of carbonyl (C=O) groups is 2. The quantitative estimate of drug-likeness (QED) is 0.839. The lowest BCUT2D eigenvalue weighted by Crippen LogP contribution is -2.28. The minimum absolute atomic E-state index is 0.0398. The third-order valence-electron chi connectivity index (χ3n) is 4.38. The van der Waals surface area contributed by atoms with E-state index in [0.29, 0.717) is 30.2 Å². The van der Waals surface area contributed by atoms with Crippen molar-refractivity contribution in [1.29, 1.82) is 0 Å². The summed E-state index contributed by atoms with van der Waals surface area (Å²) in [6.45, 7) is 2.82. The Kier molecular flexibility index (Phi) is 5.50. The Morgan fingerprint density at radius 3 is 2.85 bits per heavy atom. The number of likely N-dealkylation sites (tertiary alicyclic amines) is 1. The van der Waals surface area contributed by atoms with Crippen molar-refractivity contribution >= 4 is 28.3 Å². The highest BCUT2D eigenvalue weighted by Crippen LogP contribution is 2.30. The van der Waals surface area contributed by atoms with Crippen molar-refractivity contribution in [1.82, 2.24) is 9.88 Å². The Morgan fingerprint density at radius 1 is 1.41 bits per heavy atom. The van der Waals surface area contributed by atoms with Crippen LogP contribution in [0.2, 0.25) is 0 Å².